The molecule has 1 N–H and O–H groups in total. The van der Waals surface area contributed by atoms with Crippen molar-refractivity contribution in [2.45, 2.75) is 19.3 Å². The predicted octanol–water partition coefficient (Wildman–Crippen LogP) is 1.69. The summed E-state index contributed by atoms with van der Waals surface area (Å²) in [6.07, 6.45) is 6.80. The average Bonchev–Trinajstić information content (AvgIpc) is 3.38. The highest BCUT2D eigenvalue weighted by atomic mass is 16.5. The maximum atomic E-state index is 13.1. The number of aryl methyl sites for hydroxylation is 1. The first kappa shape index (κ1) is 19.2. The Hall–Kier alpha value is -2.12. The quantitative estimate of drug-likeness (QED) is 0.849. The molecule has 2 aromatic rings. The van der Waals surface area contributed by atoms with Crippen LogP contribution in [0.25, 0.3) is 10.9 Å². The molecule has 2 saturated heterocycles. The molecule has 28 heavy (non-hydrogen) atoms. The van der Waals surface area contributed by atoms with Crippen LogP contribution in [-0.2, 0) is 11.8 Å². The molecule has 0 bridgehead atoms. The molecule has 0 radical (unpaired) electrons. The fourth-order valence-electron chi connectivity index (χ4n) is 4.56. The maximum absolute atomic E-state index is 13.1. The van der Waals surface area contributed by atoms with Gasteiger partial charge in [0.25, 0.3) is 11.5 Å². The van der Waals surface area contributed by atoms with Crippen LogP contribution in [0, 0.1) is 11.8 Å². The van der Waals surface area contributed by atoms with Crippen molar-refractivity contribution in [3.05, 3.63) is 34.4 Å². The maximum Gasteiger partial charge on any atom is 0.274 e. The minimum atomic E-state index is -0.112. The molecule has 2 fully saturated rings. The highest BCUT2D eigenvalue weighted by Crippen LogP contribution is 2.23. The third kappa shape index (κ3) is 3.86. The number of carbonyl (C=O) groups excluding carboxylic acids is 1. The summed E-state index contributed by atoms with van der Waals surface area (Å²) in [5.74, 6) is 1.19. The molecule has 2 aliphatic heterocycles. The Morgan fingerprint density at radius 2 is 2.07 bits per heavy atom. The van der Waals surface area contributed by atoms with Gasteiger partial charge in [0.1, 0.15) is 5.52 Å². The van der Waals surface area contributed by atoms with Gasteiger partial charge in [0.05, 0.1) is 12.2 Å². The third-order valence-corrected chi connectivity index (χ3v) is 6.25. The molecule has 0 saturated carbocycles. The minimum absolute atomic E-state index is 0.0225. The van der Waals surface area contributed by atoms with Crippen molar-refractivity contribution in [1.82, 2.24) is 19.4 Å². The van der Waals surface area contributed by atoms with Crippen LogP contribution in [0.1, 0.15) is 29.6 Å². The molecule has 2 aromatic heterocycles. The zero-order valence-corrected chi connectivity index (χ0v) is 16.8. The molecule has 7 heteroatoms. The van der Waals surface area contributed by atoms with E-state index in [-0.39, 0.29) is 11.5 Å². The largest absolute Gasteiger partial charge is 0.381 e. The molecular weight excluding hydrogens is 356 g/mol. The van der Waals surface area contributed by atoms with Gasteiger partial charge in [0.2, 0.25) is 0 Å². The van der Waals surface area contributed by atoms with Crippen LogP contribution in [-0.4, -0.2) is 71.7 Å². The van der Waals surface area contributed by atoms with Crippen LogP contribution in [0.5, 0.6) is 0 Å². The van der Waals surface area contributed by atoms with Crippen molar-refractivity contribution < 1.29 is 9.53 Å². The zero-order valence-electron chi connectivity index (χ0n) is 16.8. The van der Waals surface area contributed by atoms with E-state index in [2.05, 4.69) is 9.88 Å². The highest BCUT2D eigenvalue weighted by Gasteiger charge is 2.26. The number of H-pyrrole nitrogens is 1. The first-order valence-electron chi connectivity index (χ1n) is 10.2. The Balaban J connectivity index is 1.36. The first-order chi connectivity index (χ1) is 13.5. The van der Waals surface area contributed by atoms with E-state index in [1.54, 1.807) is 19.4 Å². The number of aromatic nitrogens is 2. The number of likely N-dealkylation sites (tertiary alicyclic amines) is 1. The first-order valence-corrected chi connectivity index (χ1v) is 10.2. The second-order valence-electron chi connectivity index (χ2n) is 8.38. The molecular formula is C21H30N4O3. The van der Waals surface area contributed by atoms with Gasteiger partial charge < -0.3 is 24.1 Å². The molecule has 1 atom stereocenters. The summed E-state index contributed by atoms with van der Waals surface area (Å²) in [4.78, 5) is 32.6. The number of hydrogen-bond acceptors (Lipinski definition) is 4. The van der Waals surface area contributed by atoms with Crippen LogP contribution in [0.3, 0.4) is 0 Å². The molecule has 1 amide bonds. The lowest BCUT2D eigenvalue weighted by Gasteiger charge is -2.35. The van der Waals surface area contributed by atoms with E-state index in [1.165, 1.54) is 11.0 Å². The van der Waals surface area contributed by atoms with Gasteiger partial charge in [0.15, 0.2) is 0 Å². The Bertz CT molecular complexity index is 889. The van der Waals surface area contributed by atoms with E-state index in [0.717, 1.165) is 52.2 Å². The van der Waals surface area contributed by atoms with Gasteiger partial charge in [-0.05, 0) is 50.3 Å². The second-order valence-corrected chi connectivity index (χ2v) is 8.38. The fourth-order valence-corrected chi connectivity index (χ4v) is 4.56. The lowest BCUT2D eigenvalue weighted by atomic mass is 9.95. The number of ether oxygens (including phenoxy) is 1. The smallest absolute Gasteiger partial charge is 0.274 e. The summed E-state index contributed by atoms with van der Waals surface area (Å²) >= 11 is 0. The summed E-state index contributed by atoms with van der Waals surface area (Å²) in [5, 5.41) is 0.702. The molecule has 0 spiro atoms. The van der Waals surface area contributed by atoms with Crippen molar-refractivity contribution in [2.24, 2.45) is 18.9 Å². The number of carbonyl (C=O) groups is 1. The molecule has 152 valence electrons. The van der Waals surface area contributed by atoms with Gasteiger partial charge in [-0.2, -0.15) is 0 Å². The van der Waals surface area contributed by atoms with Gasteiger partial charge in [-0.1, -0.05) is 0 Å². The average molecular weight is 386 g/mol. The van der Waals surface area contributed by atoms with Gasteiger partial charge in [-0.15, -0.1) is 0 Å². The van der Waals surface area contributed by atoms with Crippen LogP contribution >= 0.6 is 0 Å². The van der Waals surface area contributed by atoms with Crippen molar-refractivity contribution in [3.63, 3.8) is 0 Å². The van der Waals surface area contributed by atoms with Gasteiger partial charge in [-0.25, -0.2) is 0 Å². The molecule has 0 aliphatic carbocycles. The molecule has 0 aromatic carbocycles. The van der Waals surface area contributed by atoms with Crippen molar-refractivity contribution in [1.29, 1.82) is 0 Å². The number of hydrogen-bond donors (Lipinski definition) is 1. The Morgan fingerprint density at radius 1 is 1.29 bits per heavy atom. The highest BCUT2D eigenvalue weighted by molar-refractivity contribution is 6.05. The summed E-state index contributed by atoms with van der Waals surface area (Å²) in [7, 11) is 3.55. The predicted molar refractivity (Wildman–Crippen MR) is 109 cm³/mol. The summed E-state index contributed by atoms with van der Waals surface area (Å²) in [5.41, 5.74) is 0.963. The van der Waals surface area contributed by atoms with Crippen molar-refractivity contribution in [2.75, 3.05) is 46.4 Å². The standard InChI is InChI=1S/C21H30N4O3/c1-23(11-15-4-8-25(9-5-15)12-16-6-10-28-14-16)20(26)18-13-24(2)21(27)19-17(18)3-7-22-19/h3,7,13,15-16,22H,4-6,8-12,14H2,1-2H3. The monoisotopic (exact) mass is 386 g/mol. The van der Waals surface area contributed by atoms with Gasteiger partial charge in [-0.3, -0.25) is 9.59 Å². The van der Waals surface area contributed by atoms with Crippen LogP contribution in [0.2, 0.25) is 0 Å². The lowest BCUT2D eigenvalue weighted by molar-refractivity contribution is 0.0732. The van der Waals surface area contributed by atoms with E-state index >= 15 is 0 Å². The molecule has 4 heterocycles. The van der Waals surface area contributed by atoms with Crippen LogP contribution in [0.4, 0.5) is 0 Å². The number of piperidine rings is 1. The lowest BCUT2D eigenvalue weighted by Crippen LogP contribution is -2.41. The molecule has 7 nitrogen and oxygen atoms in total. The zero-order chi connectivity index (χ0) is 19.7. The number of pyridine rings is 1. The summed E-state index contributed by atoms with van der Waals surface area (Å²) < 4.78 is 6.96. The Labute approximate surface area is 165 Å². The number of nitrogens with zero attached hydrogens (tertiary/aromatic N) is 3. The van der Waals surface area contributed by atoms with E-state index in [4.69, 9.17) is 4.74 Å². The Kier molecular flexibility index (Phi) is 5.55. The molecule has 4 rings (SSSR count). The van der Waals surface area contributed by atoms with Gasteiger partial charge >= 0.3 is 0 Å². The van der Waals surface area contributed by atoms with E-state index in [0.29, 0.717) is 28.3 Å². The fraction of sp³-hybridized carbons (Fsp3) is 0.619. The van der Waals surface area contributed by atoms with Crippen molar-refractivity contribution >= 4 is 16.8 Å². The van der Waals surface area contributed by atoms with E-state index in [1.807, 2.05) is 18.0 Å². The third-order valence-electron chi connectivity index (χ3n) is 6.25. The van der Waals surface area contributed by atoms with E-state index < -0.39 is 0 Å². The van der Waals surface area contributed by atoms with Crippen LogP contribution < -0.4 is 5.56 Å². The van der Waals surface area contributed by atoms with E-state index in [9.17, 15) is 9.59 Å². The number of aromatic amines is 1. The Morgan fingerprint density at radius 3 is 2.79 bits per heavy atom. The number of rotatable bonds is 5. The number of nitrogens with one attached hydrogen (secondary N) is 1. The molecule has 1 unspecified atom stereocenters. The SMILES string of the molecule is CN(CC1CCN(CC2CCOC2)CC1)C(=O)c1cn(C)c(=O)c2[nH]ccc12. The number of amides is 1. The topological polar surface area (TPSA) is 70.6 Å². The number of fused-ring (bicyclic) bond motifs is 1. The summed E-state index contributed by atoms with van der Waals surface area (Å²) in [6, 6.07) is 1.81. The normalized spacial score (nSPS) is 21.4. The minimum Gasteiger partial charge on any atom is -0.381 e. The van der Waals surface area contributed by atoms with Gasteiger partial charge in [0, 0.05) is 51.6 Å². The summed E-state index contributed by atoms with van der Waals surface area (Å²) in [6.45, 7) is 5.92. The second kappa shape index (κ2) is 8.09. The molecule has 2 aliphatic rings. The van der Waals surface area contributed by atoms with Crippen LogP contribution in [0.15, 0.2) is 23.3 Å². The van der Waals surface area contributed by atoms with Crippen molar-refractivity contribution in [3.8, 4) is 0 Å².